The predicted molar refractivity (Wildman–Crippen MR) is 22.7 cm³/mol. The number of hydrogen-bond acceptors (Lipinski definition) is 4. The van der Waals surface area contributed by atoms with E-state index in [-0.39, 0.29) is 0 Å². The normalized spacial score (nSPS) is 14.8. The van der Waals surface area contributed by atoms with Crippen molar-refractivity contribution in [1.29, 1.82) is 5.26 Å². The zero-order valence-electron chi connectivity index (χ0n) is 4.20. The first-order chi connectivity index (χ1) is 3.48. The Labute approximate surface area is 46.9 Å². The van der Waals surface area contributed by atoms with E-state index in [1.807, 2.05) is 0 Å². The molecule has 0 radical (unpaired) electrons. The van der Waals surface area contributed by atoms with Crippen LogP contribution in [0.25, 0.3) is 0 Å². The van der Waals surface area contributed by atoms with Crippen molar-refractivity contribution in [2.24, 2.45) is 0 Å². The first kappa shape index (κ1) is 7.64. The van der Waals surface area contributed by atoms with Crippen LogP contribution in [-0.4, -0.2) is 5.66 Å². The lowest BCUT2D eigenvalue weighted by molar-refractivity contribution is -0.315. The molecule has 0 fully saturated rings. The van der Waals surface area contributed by atoms with Crippen molar-refractivity contribution in [1.82, 2.24) is 0 Å². The van der Waals surface area contributed by atoms with Crippen LogP contribution in [0, 0.1) is 11.3 Å². The second kappa shape index (κ2) is 2.27. The number of hydrogen-bond donors (Lipinski definition) is 0. The fourth-order valence-corrected chi connectivity index (χ4v) is 0.212. The molecule has 0 rings (SSSR count). The van der Waals surface area contributed by atoms with Gasteiger partial charge in [-0.2, -0.15) is 5.26 Å². The topological polar surface area (TPSA) is 87.0 Å². The fourth-order valence-electron chi connectivity index (χ4n) is 0.0707. The van der Waals surface area contributed by atoms with Crippen molar-refractivity contribution < 1.29 is 14.4 Å². The van der Waals surface area contributed by atoms with Gasteiger partial charge in [-0.05, 0) is 6.92 Å². The van der Waals surface area contributed by atoms with Crippen LogP contribution < -0.4 is 9.79 Å². The van der Waals surface area contributed by atoms with E-state index in [1.165, 1.54) is 6.07 Å². The molecule has 0 aliphatic carbocycles. The Morgan fingerprint density at radius 1 is 1.75 bits per heavy atom. The SMILES string of the molecule is CC(C#N)P(=O)([O-])[O-]. The largest absolute Gasteiger partial charge is 0.810 e. The Balaban J connectivity index is 4.09. The smallest absolute Gasteiger partial charge is 0.0710 e. The first-order valence-corrected chi connectivity index (χ1v) is 3.51. The Morgan fingerprint density at radius 2 is 2.12 bits per heavy atom. The maximum Gasteiger partial charge on any atom is 0.0710 e. The van der Waals surface area contributed by atoms with Crippen LogP contribution in [0.5, 0.6) is 0 Å². The van der Waals surface area contributed by atoms with Crippen LogP contribution >= 0.6 is 7.60 Å². The molecule has 8 heavy (non-hydrogen) atoms. The number of nitrogens with zero attached hydrogens (tertiary/aromatic N) is 1. The number of rotatable bonds is 1. The Kier molecular flexibility index (Phi) is 2.17. The van der Waals surface area contributed by atoms with Gasteiger partial charge in [-0.3, -0.25) is 0 Å². The van der Waals surface area contributed by atoms with Crippen molar-refractivity contribution in [3.8, 4) is 6.07 Å². The van der Waals surface area contributed by atoms with E-state index in [2.05, 4.69) is 0 Å². The van der Waals surface area contributed by atoms with E-state index >= 15 is 0 Å². The fraction of sp³-hybridized carbons (Fsp3) is 0.667. The van der Waals surface area contributed by atoms with E-state index in [4.69, 9.17) is 5.26 Å². The molecular weight excluding hydrogens is 129 g/mol. The minimum Gasteiger partial charge on any atom is -0.810 e. The molecule has 0 aromatic rings. The van der Waals surface area contributed by atoms with E-state index in [9.17, 15) is 14.4 Å². The van der Waals surface area contributed by atoms with Crippen LogP contribution in [-0.2, 0) is 4.57 Å². The molecule has 0 saturated carbocycles. The molecule has 5 heteroatoms. The quantitative estimate of drug-likeness (QED) is 0.421. The molecule has 0 aromatic carbocycles. The highest BCUT2D eigenvalue weighted by Crippen LogP contribution is 2.29. The van der Waals surface area contributed by atoms with Gasteiger partial charge in [0.05, 0.1) is 11.7 Å². The third-order valence-corrected chi connectivity index (χ3v) is 1.73. The van der Waals surface area contributed by atoms with E-state index in [0.29, 0.717) is 0 Å². The van der Waals surface area contributed by atoms with E-state index in [1.54, 1.807) is 0 Å². The van der Waals surface area contributed by atoms with Gasteiger partial charge in [0.15, 0.2) is 0 Å². The molecule has 0 aliphatic heterocycles. The molecule has 0 aromatic heterocycles. The van der Waals surface area contributed by atoms with Crippen LogP contribution in [0.1, 0.15) is 6.92 Å². The highest BCUT2D eigenvalue weighted by Gasteiger charge is 2.01. The second-order valence-corrected chi connectivity index (χ2v) is 3.20. The van der Waals surface area contributed by atoms with Gasteiger partial charge in [0, 0.05) is 0 Å². The Morgan fingerprint density at radius 3 is 2.12 bits per heavy atom. The van der Waals surface area contributed by atoms with Gasteiger partial charge < -0.3 is 14.4 Å². The summed E-state index contributed by atoms with van der Waals surface area (Å²) in [6.45, 7) is 1.06. The summed E-state index contributed by atoms with van der Waals surface area (Å²) in [5.41, 5.74) is -1.40. The van der Waals surface area contributed by atoms with Gasteiger partial charge in [0.2, 0.25) is 0 Å². The molecule has 1 unspecified atom stereocenters. The van der Waals surface area contributed by atoms with Gasteiger partial charge in [-0.1, -0.05) is 7.60 Å². The van der Waals surface area contributed by atoms with Crippen LogP contribution in [0.2, 0.25) is 0 Å². The summed E-state index contributed by atoms with van der Waals surface area (Å²) < 4.78 is 9.81. The standard InChI is InChI=1S/C3H6NO3P/c1-3(2-4)8(5,6)7/h3H,1H3,(H2,5,6,7)/p-2. The first-order valence-electron chi connectivity index (χ1n) is 1.90. The summed E-state index contributed by atoms with van der Waals surface area (Å²) >= 11 is 0. The summed E-state index contributed by atoms with van der Waals surface area (Å²) in [4.78, 5) is 19.6. The minimum atomic E-state index is -4.62. The third kappa shape index (κ3) is 2.08. The van der Waals surface area contributed by atoms with Crippen molar-refractivity contribution in [3.05, 3.63) is 0 Å². The van der Waals surface area contributed by atoms with E-state index < -0.39 is 13.3 Å². The van der Waals surface area contributed by atoms with Crippen LogP contribution in [0.4, 0.5) is 0 Å². The molecule has 0 amide bonds. The van der Waals surface area contributed by atoms with E-state index in [0.717, 1.165) is 6.92 Å². The lowest BCUT2D eigenvalue weighted by Crippen LogP contribution is -2.22. The molecule has 46 valence electrons. The molecule has 0 spiro atoms. The zero-order valence-corrected chi connectivity index (χ0v) is 5.09. The third-order valence-electron chi connectivity index (χ3n) is 0.661. The Hall–Kier alpha value is -0.360. The van der Waals surface area contributed by atoms with Crippen LogP contribution in [0.3, 0.4) is 0 Å². The van der Waals surface area contributed by atoms with Crippen molar-refractivity contribution in [2.45, 2.75) is 12.6 Å². The zero-order chi connectivity index (χ0) is 6.78. The minimum absolute atomic E-state index is 1.06. The molecule has 0 saturated heterocycles. The lowest BCUT2D eigenvalue weighted by atomic mass is 10.5. The summed E-state index contributed by atoms with van der Waals surface area (Å²) in [6, 6.07) is 1.32. The molecule has 0 heterocycles. The van der Waals surface area contributed by atoms with Gasteiger partial charge in [0.1, 0.15) is 0 Å². The number of nitriles is 1. The van der Waals surface area contributed by atoms with Crippen LogP contribution in [0.15, 0.2) is 0 Å². The predicted octanol–water partition coefficient (Wildman–Crippen LogP) is -1.19. The van der Waals surface area contributed by atoms with Crippen molar-refractivity contribution >= 4 is 7.60 Å². The molecule has 1 atom stereocenters. The Bertz CT molecular complexity index is 154. The molecule has 0 N–H and O–H groups in total. The van der Waals surface area contributed by atoms with Crippen molar-refractivity contribution in [3.63, 3.8) is 0 Å². The molecule has 0 bridgehead atoms. The summed E-state index contributed by atoms with van der Waals surface area (Å²) in [7, 11) is -4.62. The lowest BCUT2D eigenvalue weighted by Gasteiger charge is -2.31. The average molecular weight is 133 g/mol. The highest BCUT2D eigenvalue weighted by molar-refractivity contribution is 7.49. The van der Waals surface area contributed by atoms with Gasteiger partial charge in [0.25, 0.3) is 0 Å². The summed E-state index contributed by atoms with van der Waals surface area (Å²) in [5.74, 6) is 0. The van der Waals surface area contributed by atoms with Gasteiger partial charge >= 0.3 is 0 Å². The monoisotopic (exact) mass is 133 g/mol. The molecule has 4 nitrogen and oxygen atoms in total. The van der Waals surface area contributed by atoms with Crippen molar-refractivity contribution in [2.75, 3.05) is 0 Å². The average Bonchev–Trinajstić information content (AvgIpc) is 1.62. The summed E-state index contributed by atoms with van der Waals surface area (Å²) in [6.07, 6.45) is 0. The molecular formula is C3H4NO3P-2. The summed E-state index contributed by atoms with van der Waals surface area (Å²) in [5, 5.41) is 7.85. The van der Waals surface area contributed by atoms with Gasteiger partial charge in [-0.25, -0.2) is 0 Å². The van der Waals surface area contributed by atoms with Gasteiger partial charge in [-0.15, -0.1) is 0 Å². The maximum atomic E-state index is 9.81. The molecule has 0 aliphatic rings. The highest BCUT2D eigenvalue weighted by atomic mass is 31.2. The second-order valence-electron chi connectivity index (χ2n) is 1.34. The maximum absolute atomic E-state index is 9.81.